The molecule has 0 saturated carbocycles. The third-order valence-electron chi connectivity index (χ3n) is 3.22. The molecule has 1 aromatic rings. The minimum absolute atomic E-state index is 0. The molecular weight excluding hydrogens is 324 g/mol. The lowest BCUT2D eigenvalue weighted by Crippen LogP contribution is -2.23. The first-order valence-corrected chi connectivity index (χ1v) is 7.10. The standard InChI is InChI=1S/C14H16N2OS.BrH/c1-17-12-6-4-11(5-7-12)13-10-18-14-15-8-2-3-9-16(13)14;/h4-7,10H,2-3,8-9H2,1H3;1H. The van der Waals surface area contributed by atoms with Crippen LogP contribution >= 0.6 is 28.7 Å². The summed E-state index contributed by atoms with van der Waals surface area (Å²) in [5, 5.41) is 3.35. The van der Waals surface area contributed by atoms with Crippen molar-refractivity contribution in [2.45, 2.75) is 12.8 Å². The van der Waals surface area contributed by atoms with Gasteiger partial charge in [0.2, 0.25) is 0 Å². The van der Waals surface area contributed by atoms with Gasteiger partial charge in [-0.05, 0) is 42.7 Å². The van der Waals surface area contributed by atoms with Crippen LogP contribution in [0.4, 0.5) is 0 Å². The molecule has 3 rings (SSSR count). The SMILES string of the molecule is Br.COc1ccc(C2=CSC3=NCCCCN23)cc1. The molecule has 19 heavy (non-hydrogen) atoms. The van der Waals surface area contributed by atoms with Crippen LogP contribution in [0.25, 0.3) is 5.70 Å². The van der Waals surface area contributed by atoms with E-state index in [2.05, 4.69) is 27.4 Å². The van der Waals surface area contributed by atoms with Gasteiger partial charge in [-0.3, -0.25) is 4.99 Å². The van der Waals surface area contributed by atoms with Crippen LogP contribution < -0.4 is 4.74 Å². The number of hydrogen-bond acceptors (Lipinski definition) is 4. The van der Waals surface area contributed by atoms with Crippen LogP contribution in [0.15, 0.2) is 34.7 Å². The highest BCUT2D eigenvalue weighted by Gasteiger charge is 2.24. The molecule has 0 radical (unpaired) electrons. The number of rotatable bonds is 2. The van der Waals surface area contributed by atoms with Gasteiger partial charge in [0.15, 0.2) is 5.17 Å². The molecule has 2 aliphatic rings. The summed E-state index contributed by atoms with van der Waals surface area (Å²) in [5.41, 5.74) is 2.50. The summed E-state index contributed by atoms with van der Waals surface area (Å²) in [7, 11) is 1.69. The van der Waals surface area contributed by atoms with Crippen molar-refractivity contribution in [1.29, 1.82) is 0 Å². The second kappa shape index (κ2) is 6.48. The Balaban J connectivity index is 0.00000133. The van der Waals surface area contributed by atoms with E-state index >= 15 is 0 Å². The first-order valence-electron chi connectivity index (χ1n) is 6.22. The van der Waals surface area contributed by atoms with Crippen molar-refractivity contribution in [2.24, 2.45) is 4.99 Å². The summed E-state index contributed by atoms with van der Waals surface area (Å²) in [4.78, 5) is 6.96. The Hall–Kier alpha value is -0.940. The average Bonchev–Trinajstić information content (AvgIpc) is 2.68. The topological polar surface area (TPSA) is 24.8 Å². The molecular formula is C14H17BrN2OS. The molecule has 0 unspecified atom stereocenters. The van der Waals surface area contributed by atoms with Crippen LogP contribution in [-0.2, 0) is 0 Å². The number of amidine groups is 1. The van der Waals surface area contributed by atoms with Gasteiger partial charge in [-0.1, -0.05) is 11.8 Å². The smallest absolute Gasteiger partial charge is 0.168 e. The third kappa shape index (κ3) is 2.98. The maximum Gasteiger partial charge on any atom is 0.168 e. The maximum atomic E-state index is 5.20. The van der Waals surface area contributed by atoms with Crippen LogP contribution in [0, 0.1) is 0 Å². The molecule has 0 N–H and O–H groups in total. The average molecular weight is 341 g/mol. The zero-order chi connectivity index (χ0) is 12.4. The van der Waals surface area contributed by atoms with Gasteiger partial charge in [-0.25, -0.2) is 0 Å². The molecule has 2 aliphatic heterocycles. The van der Waals surface area contributed by atoms with Crippen molar-refractivity contribution in [3.05, 3.63) is 35.2 Å². The summed E-state index contributed by atoms with van der Waals surface area (Å²) < 4.78 is 5.20. The number of aliphatic imine (C=N–C) groups is 1. The number of benzene rings is 1. The van der Waals surface area contributed by atoms with Crippen LogP contribution in [0.5, 0.6) is 5.75 Å². The van der Waals surface area contributed by atoms with Crippen molar-refractivity contribution in [2.75, 3.05) is 20.2 Å². The highest BCUT2D eigenvalue weighted by molar-refractivity contribution is 8.93. The predicted molar refractivity (Wildman–Crippen MR) is 87.1 cm³/mol. The quantitative estimate of drug-likeness (QED) is 0.819. The molecule has 0 aromatic heterocycles. The molecule has 1 aromatic carbocycles. The van der Waals surface area contributed by atoms with E-state index in [1.807, 2.05) is 12.1 Å². The van der Waals surface area contributed by atoms with E-state index < -0.39 is 0 Å². The van der Waals surface area contributed by atoms with Crippen LogP contribution in [-0.4, -0.2) is 30.3 Å². The van der Waals surface area contributed by atoms with Gasteiger partial charge >= 0.3 is 0 Å². The number of thioether (sulfide) groups is 1. The Labute approximate surface area is 128 Å². The number of halogens is 1. The normalized spacial score (nSPS) is 17.8. The van der Waals surface area contributed by atoms with Crippen molar-refractivity contribution < 1.29 is 4.74 Å². The number of hydrogen-bond donors (Lipinski definition) is 0. The molecule has 0 fully saturated rings. The highest BCUT2D eigenvalue weighted by Crippen LogP contribution is 2.35. The lowest BCUT2D eigenvalue weighted by atomic mass is 10.1. The number of methoxy groups -OCH3 is 1. The lowest BCUT2D eigenvalue weighted by Gasteiger charge is -2.20. The summed E-state index contributed by atoms with van der Waals surface area (Å²) in [6.45, 7) is 2.03. The Morgan fingerprint density at radius 3 is 2.74 bits per heavy atom. The predicted octanol–water partition coefficient (Wildman–Crippen LogP) is 3.77. The second-order valence-corrected chi connectivity index (χ2v) is 5.21. The molecule has 5 heteroatoms. The largest absolute Gasteiger partial charge is 0.497 e. The van der Waals surface area contributed by atoms with Gasteiger partial charge in [-0.15, -0.1) is 17.0 Å². The molecule has 0 amide bonds. The fraction of sp³-hybridized carbons (Fsp3) is 0.357. The minimum Gasteiger partial charge on any atom is -0.497 e. The zero-order valence-corrected chi connectivity index (χ0v) is 13.4. The fourth-order valence-electron chi connectivity index (χ4n) is 2.22. The minimum atomic E-state index is 0. The maximum absolute atomic E-state index is 5.20. The van der Waals surface area contributed by atoms with Crippen molar-refractivity contribution in [3.8, 4) is 5.75 Å². The van der Waals surface area contributed by atoms with E-state index in [4.69, 9.17) is 4.74 Å². The van der Waals surface area contributed by atoms with Gasteiger partial charge in [0.05, 0.1) is 12.8 Å². The van der Waals surface area contributed by atoms with Gasteiger partial charge in [0.25, 0.3) is 0 Å². The Kier molecular flexibility index (Phi) is 4.93. The Bertz CT molecular complexity index is 499. The van der Waals surface area contributed by atoms with Gasteiger partial charge in [0, 0.05) is 18.5 Å². The second-order valence-electron chi connectivity index (χ2n) is 4.37. The first kappa shape index (κ1) is 14.5. The first-order chi connectivity index (χ1) is 8.88. The Morgan fingerprint density at radius 2 is 2.00 bits per heavy atom. The van der Waals surface area contributed by atoms with E-state index in [1.165, 1.54) is 24.1 Å². The highest BCUT2D eigenvalue weighted by atomic mass is 79.9. The van der Waals surface area contributed by atoms with E-state index in [0.29, 0.717) is 0 Å². The van der Waals surface area contributed by atoms with Crippen LogP contribution in [0.2, 0.25) is 0 Å². The molecule has 0 aliphatic carbocycles. The lowest BCUT2D eigenvalue weighted by molar-refractivity contribution is 0.414. The molecule has 0 spiro atoms. The van der Waals surface area contributed by atoms with Crippen LogP contribution in [0.3, 0.4) is 0 Å². The fourth-order valence-corrected chi connectivity index (χ4v) is 3.18. The Morgan fingerprint density at radius 1 is 1.21 bits per heavy atom. The van der Waals surface area contributed by atoms with Gasteiger partial charge in [-0.2, -0.15) is 0 Å². The summed E-state index contributed by atoms with van der Waals surface area (Å²) in [5.74, 6) is 0.898. The van der Waals surface area contributed by atoms with E-state index in [9.17, 15) is 0 Å². The van der Waals surface area contributed by atoms with Crippen molar-refractivity contribution in [1.82, 2.24) is 4.90 Å². The number of ether oxygens (including phenoxy) is 1. The van der Waals surface area contributed by atoms with E-state index in [0.717, 1.165) is 24.0 Å². The van der Waals surface area contributed by atoms with Gasteiger partial charge in [0.1, 0.15) is 5.75 Å². The molecule has 3 nitrogen and oxygen atoms in total. The van der Waals surface area contributed by atoms with Crippen molar-refractivity contribution in [3.63, 3.8) is 0 Å². The summed E-state index contributed by atoms with van der Waals surface area (Å²) in [6.07, 6.45) is 2.40. The number of nitrogens with zero attached hydrogens (tertiary/aromatic N) is 2. The third-order valence-corrected chi connectivity index (χ3v) is 4.12. The molecule has 0 atom stereocenters. The number of fused-ring (bicyclic) bond motifs is 1. The van der Waals surface area contributed by atoms with Crippen molar-refractivity contribution >= 4 is 39.6 Å². The van der Waals surface area contributed by atoms with Crippen LogP contribution in [0.1, 0.15) is 18.4 Å². The summed E-state index contributed by atoms with van der Waals surface area (Å²) >= 11 is 1.74. The molecule has 102 valence electrons. The summed E-state index contributed by atoms with van der Waals surface area (Å²) in [6, 6.07) is 8.24. The van der Waals surface area contributed by atoms with Gasteiger partial charge < -0.3 is 9.64 Å². The zero-order valence-electron chi connectivity index (χ0n) is 10.8. The van der Waals surface area contributed by atoms with E-state index in [-0.39, 0.29) is 17.0 Å². The van der Waals surface area contributed by atoms with E-state index in [1.54, 1.807) is 18.9 Å². The monoisotopic (exact) mass is 340 g/mol. The molecule has 0 saturated heterocycles. The molecule has 2 heterocycles. The molecule has 0 bridgehead atoms.